The molecule has 0 aromatic rings. The minimum absolute atomic E-state index is 0. The number of allylic oxidation sites excluding steroid dienone is 8. The standard InChI is InChI=1S/2C20H30O2.Mg/c2*1-13(2)14-6-8-16-15(12-14)7-9-17-19(16,3)10-5-11-20(17,4)18(21)22;/h2*7,12-13,16-17H,5-6,8-11H2,1-4H3,(H,21,22);/q;;+2/p-2. The van der Waals surface area contributed by atoms with Gasteiger partial charge in [-0.15, -0.1) is 0 Å². The molecule has 0 heterocycles. The van der Waals surface area contributed by atoms with Crippen molar-refractivity contribution in [2.45, 2.75) is 132 Å². The number of rotatable bonds is 4. The molecule has 6 aliphatic carbocycles. The summed E-state index contributed by atoms with van der Waals surface area (Å²) in [4.78, 5) is 23.7. The number of hydrogen-bond donors (Lipinski definition) is 0. The fourth-order valence-corrected chi connectivity index (χ4v) is 11.2. The van der Waals surface area contributed by atoms with Crippen LogP contribution in [0.4, 0.5) is 0 Å². The van der Waals surface area contributed by atoms with Gasteiger partial charge in [-0.05, 0) is 122 Å². The topological polar surface area (TPSA) is 80.3 Å². The number of carbonyl (C=O) groups excluding carboxylic acids is 2. The molecule has 0 radical (unpaired) electrons. The summed E-state index contributed by atoms with van der Waals surface area (Å²) in [6, 6.07) is 0. The Hall–Kier alpha value is -1.33. The van der Waals surface area contributed by atoms with E-state index in [1.165, 1.54) is 36.8 Å². The quantitative estimate of drug-likeness (QED) is 0.305. The average molecular weight is 627 g/mol. The summed E-state index contributed by atoms with van der Waals surface area (Å²) in [5.74, 6) is 1.08. The van der Waals surface area contributed by atoms with Crippen LogP contribution in [-0.4, -0.2) is 35.0 Å². The van der Waals surface area contributed by atoms with Crippen molar-refractivity contribution in [1.82, 2.24) is 0 Å². The first-order valence-corrected chi connectivity index (χ1v) is 17.8. The molecule has 2 fully saturated rings. The van der Waals surface area contributed by atoms with E-state index in [9.17, 15) is 19.8 Å². The molecule has 6 aliphatic rings. The van der Waals surface area contributed by atoms with Crippen molar-refractivity contribution < 1.29 is 19.8 Å². The van der Waals surface area contributed by atoms with Gasteiger partial charge in [-0.25, -0.2) is 0 Å². The molecular formula is C40H58MgO4. The fourth-order valence-electron chi connectivity index (χ4n) is 11.2. The molecule has 0 aliphatic heterocycles. The maximum atomic E-state index is 11.8. The normalized spacial score (nSPS) is 40.4. The van der Waals surface area contributed by atoms with Crippen molar-refractivity contribution in [2.75, 3.05) is 0 Å². The third-order valence-electron chi connectivity index (χ3n) is 14.1. The van der Waals surface area contributed by atoms with E-state index in [0.717, 1.165) is 51.4 Å². The number of hydrogen-bond acceptors (Lipinski definition) is 4. The Labute approximate surface area is 289 Å². The Bertz CT molecular complexity index is 1190. The third-order valence-corrected chi connectivity index (χ3v) is 14.1. The van der Waals surface area contributed by atoms with Gasteiger partial charge in [0.15, 0.2) is 0 Å². The second-order valence-corrected chi connectivity index (χ2v) is 17.0. The summed E-state index contributed by atoms with van der Waals surface area (Å²) in [6.45, 7) is 17.7. The Balaban J connectivity index is 0.000000200. The average Bonchev–Trinajstić information content (AvgIpc) is 2.96. The zero-order chi connectivity index (χ0) is 32.2. The van der Waals surface area contributed by atoms with Crippen molar-refractivity contribution in [1.29, 1.82) is 0 Å². The first-order chi connectivity index (χ1) is 20.6. The van der Waals surface area contributed by atoms with E-state index >= 15 is 0 Å². The second-order valence-electron chi connectivity index (χ2n) is 17.0. The smallest absolute Gasteiger partial charge is 0.550 e. The number of fused-ring (bicyclic) bond motifs is 6. The van der Waals surface area contributed by atoms with Crippen LogP contribution >= 0.6 is 0 Å². The van der Waals surface area contributed by atoms with Crippen LogP contribution in [0.2, 0.25) is 0 Å². The molecule has 8 unspecified atom stereocenters. The van der Waals surface area contributed by atoms with Crippen molar-refractivity contribution in [3.63, 3.8) is 0 Å². The summed E-state index contributed by atoms with van der Waals surface area (Å²) < 4.78 is 0. The van der Waals surface area contributed by atoms with E-state index < -0.39 is 22.8 Å². The Morgan fingerprint density at radius 1 is 0.667 bits per heavy atom. The van der Waals surface area contributed by atoms with Gasteiger partial charge in [-0.1, -0.05) is 104 Å². The van der Waals surface area contributed by atoms with Crippen molar-refractivity contribution >= 4 is 35.0 Å². The van der Waals surface area contributed by atoms with E-state index in [1.54, 1.807) is 11.1 Å². The van der Waals surface area contributed by atoms with Crippen LogP contribution in [0.25, 0.3) is 0 Å². The Kier molecular flexibility index (Phi) is 10.8. The van der Waals surface area contributed by atoms with Gasteiger partial charge < -0.3 is 19.8 Å². The summed E-state index contributed by atoms with van der Waals surface area (Å²) in [6.07, 6.45) is 21.9. The molecule has 5 heteroatoms. The number of carbonyl (C=O) groups is 2. The molecular weight excluding hydrogens is 569 g/mol. The summed E-state index contributed by atoms with van der Waals surface area (Å²) >= 11 is 0. The SMILES string of the molecule is CC(C)C1=CC2=CCC3C(C)(C(=O)[O-])CCCC3(C)C2CC1.CC(C)C1=CC2=CCC3C(C)(C(=O)[O-])CCCC3(C)C2CC1.[Mg+2]. The molecule has 2 saturated carbocycles. The van der Waals surface area contributed by atoms with E-state index in [1.807, 2.05) is 13.8 Å². The first-order valence-electron chi connectivity index (χ1n) is 17.8. The van der Waals surface area contributed by atoms with Crippen LogP contribution in [0.3, 0.4) is 0 Å². The number of carboxylic acids is 2. The molecule has 0 aromatic carbocycles. The molecule has 244 valence electrons. The predicted octanol–water partition coefficient (Wildman–Crippen LogP) is 7.36. The Morgan fingerprint density at radius 2 is 1.02 bits per heavy atom. The van der Waals surface area contributed by atoms with Crippen LogP contribution < -0.4 is 10.2 Å². The van der Waals surface area contributed by atoms with Crippen molar-refractivity contribution in [2.24, 2.45) is 57.2 Å². The number of carboxylic acid groups (broad SMARTS) is 2. The van der Waals surface area contributed by atoms with Gasteiger partial charge in [-0.3, -0.25) is 0 Å². The number of aliphatic carboxylic acids is 2. The van der Waals surface area contributed by atoms with Crippen LogP contribution in [0.15, 0.2) is 46.6 Å². The van der Waals surface area contributed by atoms with Gasteiger partial charge in [-0.2, -0.15) is 0 Å². The van der Waals surface area contributed by atoms with E-state index in [0.29, 0.717) is 23.7 Å². The van der Waals surface area contributed by atoms with Crippen LogP contribution in [-0.2, 0) is 9.59 Å². The van der Waals surface area contributed by atoms with Crippen molar-refractivity contribution in [3.8, 4) is 0 Å². The Morgan fingerprint density at radius 3 is 1.33 bits per heavy atom. The molecule has 0 bridgehead atoms. The molecule has 0 aromatic heterocycles. The van der Waals surface area contributed by atoms with Gasteiger partial charge >= 0.3 is 23.1 Å². The summed E-state index contributed by atoms with van der Waals surface area (Å²) in [5.41, 5.74) is 5.01. The predicted molar refractivity (Wildman–Crippen MR) is 180 cm³/mol. The van der Waals surface area contributed by atoms with Gasteiger partial charge in [0, 0.05) is 22.8 Å². The van der Waals surface area contributed by atoms with Gasteiger partial charge in [0.2, 0.25) is 0 Å². The minimum Gasteiger partial charge on any atom is -0.550 e. The molecule has 0 spiro atoms. The summed E-state index contributed by atoms with van der Waals surface area (Å²) in [7, 11) is 0. The maximum absolute atomic E-state index is 11.8. The fraction of sp³-hybridized carbons (Fsp3) is 0.750. The zero-order valence-electron chi connectivity index (χ0n) is 29.6. The molecule has 8 atom stereocenters. The summed E-state index contributed by atoms with van der Waals surface area (Å²) in [5, 5.41) is 23.7. The molecule has 0 amide bonds. The molecule has 45 heavy (non-hydrogen) atoms. The zero-order valence-corrected chi connectivity index (χ0v) is 31.0. The third kappa shape index (κ3) is 6.20. The minimum atomic E-state index is -0.838. The van der Waals surface area contributed by atoms with Gasteiger partial charge in [0.25, 0.3) is 0 Å². The van der Waals surface area contributed by atoms with Crippen LogP contribution in [0.5, 0.6) is 0 Å². The van der Waals surface area contributed by atoms with Crippen LogP contribution in [0, 0.1) is 57.2 Å². The van der Waals surface area contributed by atoms with Crippen molar-refractivity contribution in [3.05, 3.63) is 46.6 Å². The maximum Gasteiger partial charge on any atom is 2.00 e. The first kappa shape index (κ1) is 36.5. The second kappa shape index (κ2) is 13.3. The molecule has 0 N–H and O–H groups in total. The monoisotopic (exact) mass is 626 g/mol. The van der Waals surface area contributed by atoms with Gasteiger partial charge in [0.05, 0.1) is 0 Å². The molecule has 4 nitrogen and oxygen atoms in total. The van der Waals surface area contributed by atoms with Gasteiger partial charge in [0.1, 0.15) is 0 Å². The van der Waals surface area contributed by atoms with Crippen LogP contribution in [0.1, 0.15) is 132 Å². The van der Waals surface area contributed by atoms with E-state index in [2.05, 4.69) is 65.8 Å². The molecule has 0 saturated heterocycles. The molecule has 6 rings (SSSR count). The largest absolute Gasteiger partial charge is 2.00 e. The van der Waals surface area contributed by atoms with E-state index in [4.69, 9.17) is 0 Å². The van der Waals surface area contributed by atoms with E-state index in [-0.39, 0.29) is 45.7 Å².